The second-order valence-corrected chi connectivity index (χ2v) is 2.71. The zero-order chi connectivity index (χ0) is 6.81. The van der Waals surface area contributed by atoms with Gasteiger partial charge in [-0.1, -0.05) is 5.16 Å². The number of oxime groups is 1. The standard InChI is InChI=1S/C6H6N2OS/c1-2-9-8-5(1)6-3-10-4-7-6/h3-4H,1-2H2. The van der Waals surface area contributed by atoms with Crippen LogP contribution in [0.4, 0.5) is 0 Å². The third kappa shape index (κ3) is 0.903. The van der Waals surface area contributed by atoms with Crippen molar-refractivity contribution in [3.8, 4) is 0 Å². The summed E-state index contributed by atoms with van der Waals surface area (Å²) in [6.45, 7) is 0.701. The lowest BCUT2D eigenvalue weighted by atomic mass is 10.2. The maximum atomic E-state index is 4.83. The molecule has 0 fully saturated rings. The van der Waals surface area contributed by atoms with E-state index < -0.39 is 0 Å². The highest BCUT2D eigenvalue weighted by Gasteiger charge is 2.11. The molecule has 0 amide bonds. The largest absolute Gasteiger partial charge is 0.395 e. The molecule has 0 unspecified atom stereocenters. The summed E-state index contributed by atoms with van der Waals surface area (Å²) < 4.78 is 0. The van der Waals surface area contributed by atoms with E-state index in [0.29, 0.717) is 6.61 Å². The number of nitrogens with zero attached hydrogens (tertiary/aromatic N) is 2. The Bertz CT molecular complexity index is 242. The molecule has 0 aliphatic carbocycles. The van der Waals surface area contributed by atoms with Crippen LogP contribution in [0.25, 0.3) is 0 Å². The Morgan fingerprint density at radius 2 is 2.60 bits per heavy atom. The van der Waals surface area contributed by atoms with Gasteiger partial charge in [0.2, 0.25) is 0 Å². The van der Waals surface area contributed by atoms with Gasteiger partial charge in [-0.3, -0.25) is 0 Å². The van der Waals surface area contributed by atoms with Gasteiger partial charge in [-0.15, -0.1) is 11.3 Å². The van der Waals surface area contributed by atoms with E-state index in [9.17, 15) is 0 Å². The smallest absolute Gasteiger partial charge is 0.122 e. The summed E-state index contributed by atoms with van der Waals surface area (Å²) in [4.78, 5) is 8.94. The second kappa shape index (κ2) is 2.38. The maximum Gasteiger partial charge on any atom is 0.122 e. The van der Waals surface area contributed by atoms with Crippen molar-refractivity contribution < 1.29 is 4.84 Å². The van der Waals surface area contributed by atoms with Crippen LogP contribution in [-0.2, 0) is 4.84 Å². The first-order valence-electron chi connectivity index (χ1n) is 3.04. The molecule has 4 heteroatoms. The summed E-state index contributed by atoms with van der Waals surface area (Å²) in [5.41, 5.74) is 3.74. The average molecular weight is 154 g/mol. The van der Waals surface area contributed by atoms with E-state index >= 15 is 0 Å². The molecule has 0 radical (unpaired) electrons. The van der Waals surface area contributed by atoms with Crippen LogP contribution in [0.2, 0.25) is 0 Å². The van der Waals surface area contributed by atoms with Crippen molar-refractivity contribution >= 4 is 17.0 Å². The van der Waals surface area contributed by atoms with E-state index in [1.54, 1.807) is 16.8 Å². The molecule has 1 aliphatic heterocycles. The normalized spacial score (nSPS) is 16.6. The topological polar surface area (TPSA) is 34.5 Å². The molecular weight excluding hydrogens is 148 g/mol. The fourth-order valence-corrected chi connectivity index (χ4v) is 1.40. The van der Waals surface area contributed by atoms with Crippen LogP contribution in [0, 0.1) is 0 Å². The van der Waals surface area contributed by atoms with Crippen LogP contribution in [0.5, 0.6) is 0 Å². The van der Waals surface area contributed by atoms with Crippen molar-refractivity contribution in [2.45, 2.75) is 6.42 Å². The SMILES string of the molecule is c1nc(C2=NOCC2)cs1. The number of aromatic nitrogens is 1. The van der Waals surface area contributed by atoms with Crippen LogP contribution in [0.3, 0.4) is 0 Å². The molecule has 10 heavy (non-hydrogen) atoms. The molecule has 2 rings (SSSR count). The molecule has 1 aromatic heterocycles. The summed E-state index contributed by atoms with van der Waals surface area (Å²) in [7, 11) is 0. The Kier molecular flexibility index (Phi) is 1.39. The van der Waals surface area contributed by atoms with Crippen LogP contribution in [0.1, 0.15) is 12.1 Å². The number of hydrogen-bond donors (Lipinski definition) is 0. The molecule has 0 saturated heterocycles. The summed E-state index contributed by atoms with van der Waals surface area (Å²) in [6, 6.07) is 0. The van der Waals surface area contributed by atoms with Gasteiger partial charge in [0.15, 0.2) is 0 Å². The van der Waals surface area contributed by atoms with E-state index in [1.165, 1.54) is 0 Å². The number of hydrogen-bond acceptors (Lipinski definition) is 4. The number of rotatable bonds is 1. The molecule has 1 aliphatic rings. The molecular formula is C6H6N2OS. The van der Waals surface area contributed by atoms with Gasteiger partial charge in [-0.05, 0) is 0 Å². The van der Waals surface area contributed by atoms with E-state index in [4.69, 9.17) is 4.84 Å². The van der Waals surface area contributed by atoms with E-state index in [-0.39, 0.29) is 0 Å². The van der Waals surface area contributed by atoms with Crippen molar-refractivity contribution in [1.29, 1.82) is 0 Å². The fourth-order valence-electron chi connectivity index (χ4n) is 0.841. The lowest BCUT2D eigenvalue weighted by molar-refractivity contribution is 0.174. The lowest BCUT2D eigenvalue weighted by Gasteiger charge is -1.85. The van der Waals surface area contributed by atoms with Crippen molar-refractivity contribution in [1.82, 2.24) is 4.98 Å². The molecule has 0 N–H and O–H groups in total. The van der Waals surface area contributed by atoms with Crippen molar-refractivity contribution in [2.24, 2.45) is 5.16 Å². The minimum absolute atomic E-state index is 0.701. The minimum Gasteiger partial charge on any atom is -0.395 e. The molecule has 0 spiro atoms. The van der Waals surface area contributed by atoms with E-state index in [0.717, 1.165) is 17.8 Å². The zero-order valence-electron chi connectivity index (χ0n) is 5.28. The van der Waals surface area contributed by atoms with Gasteiger partial charge >= 0.3 is 0 Å². The summed E-state index contributed by atoms with van der Waals surface area (Å²) in [5.74, 6) is 0. The third-order valence-corrected chi connectivity index (χ3v) is 1.92. The lowest BCUT2D eigenvalue weighted by Crippen LogP contribution is -1.96. The predicted octanol–water partition coefficient (Wildman–Crippen LogP) is 1.27. The fraction of sp³-hybridized carbons (Fsp3) is 0.333. The highest BCUT2D eigenvalue weighted by Crippen LogP contribution is 2.10. The molecule has 52 valence electrons. The van der Waals surface area contributed by atoms with Gasteiger partial charge in [-0.25, -0.2) is 4.98 Å². The summed E-state index contributed by atoms with van der Waals surface area (Å²) >= 11 is 1.58. The van der Waals surface area contributed by atoms with Gasteiger partial charge in [0, 0.05) is 11.8 Å². The average Bonchev–Trinajstić information content (AvgIpc) is 2.59. The van der Waals surface area contributed by atoms with Gasteiger partial charge in [0.25, 0.3) is 0 Å². The van der Waals surface area contributed by atoms with Gasteiger partial charge in [-0.2, -0.15) is 0 Å². The first-order valence-corrected chi connectivity index (χ1v) is 3.98. The van der Waals surface area contributed by atoms with Gasteiger partial charge in [0.05, 0.1) is 11.2 Å². The Morgan fingerprint density at radius 3 is 3.20 bits per heavy atom. The zero-order valence-corrected chi connectivity index (χ0v) is 6.10. The van der Waals surface area contributed by atoms with Crippen LogP contribution < -0.4 is 0 Å². The Balaban J connectivity index is 2.28. The molecule has 0 atom stereocenters. The Labute approximate surface area is 62.3 Å². The quantitative estimate of drug-likeness (QED) is 0.610. The van der Waals surface area contributed by atoms with E-state index in [1.807, 2.05) is 5.38 Å². The summed E-state index contributed by atoms with van der Waals surface area (Å²) in [5, 5.41) is 5.82. The van der Waals surface area contributed by atoms with Crippen molar-refractivity contribution in [3.05, 3.63) is 16.6 Å². The molecule has 1 aromatic rings. The minimum atomic E-state index is 0.701. The van der Waals surface area contributed by atoms with Crippen molar-refractivity contribution in [2.75, 3.05) is 6.61 Å². The summed E-state index contributed by atoms with van der Waals surface area (Å²) in [6.07, 6.45) is 0.893. The molecule has 3 nitrogen and oxygen atoms in total. The number of thiazole rings is 1. The highest BCUT2D eigenvalue weighted by molar-refractivity contribution is 7.07. The van der Waals surface area contributed by atoms with Crippen LogP contribution >= 0.6 is 11.3 Å². The first kappa shape index (κ1) is 5.85. The monoisotopic (exact) mass is 154 g/mol. The highest BCUT2D eigenvalue weighted by atomic mass is 32.1. The van der Waals surface area contributed by atoms with Crippen LogP contribution in [-0.4, -0.2) is 17.3 Å². The maximum absolute atomic E-state index is 4.83. The molecule has 0 bridgehead atoms. The van der Waals surface area contributed by atoms with Crippen molar-refractivity contribution in [3.63, 3.8) is 0 Å². The second-order valence-electron chi connectivity index (χ2n) is 1.99. The van der Waals surface area contributed by atoms with E-state index in [2.05, 4.69) is 10.1 Å². The Hall–Kier alpha value is -0.900. The molecule has 2 heterocycles. The third-order valence-electron chi connectivity index (χ3n) is 1.33. The van der Waals surface area contributed by atoms with Gasteiger partial charge < -0.3 is 4.84 Å². The molecule has 0 aromatic carbocycles. The van der Waals surface area contributed by atoms with Crippen LogP contribution in [0.15, 0.2) is 16.0 Å². The predicted molar refractivity (Wildman–Crippen MR) is 39.2 cm³/mol. The first-order chi connectivity index (χ1) is 4.97. The molecule has 0 saturated carbocycles. The Morgan fingerprint density at radius 1 is 1.60 bits per heavy atom. The van der Waals surface area contributed by atoms with Gasteiger partial charge in [0.1, 0.15) is 12.3 Å².